The highest BCUT2D eigenvalue weighted by Gasteiger charge is 2.36. The molecule has 2 fully saturated rings. The van der Waals surface area contributed by atoms with Gasteiger partial charge in [-0.1, -0.05) is 18.1 Å². The number of hydrogen-bond acceptors (Lipinski definition) is 2. The third kappa shape index (κ3) is 2.71. The van der Waals surface area contributed by atoms with Crippen LogP contribution in [0.25, 0.3) is 0 Å². The Morgan fingerprint density at radius 3 is 2.63 bits per heavy atom. The number of thioether (sulfide) groups is 1. The van der Waals surface area contributed by atoms with Gasteiger partial charge in [-0.05, 0) is 44.7 Å². The predicted molar refractivity (Wildman–Crippen MR) is 77.2 cm³/mol. The van der Waals surface area contributed by atoms with Gasteiger partial charge in [0.1, 0.15) is 5.82 Å². The number of carbonyl (C=O) groups is 1. The molecule has 2 bridgehead atoms. The number of carbonyl (C=O) groups excluding carboxylic acids is 1. The fourth-order valence-electron chi connectivity index (χ4n) is 3.32. The summed E-state index contributed by atoms with van der Waals surface area (Å²) in [4.78, 5) is 12.6. The lowest BCUT2D eigenvalue weighted by Crippen LogP contribution is -2.33. The number of Topliss-reactive ketones (excluding diaryl/α,β-unsaturated/α-hetero) is 1. The highest BCUT2D eigenvalue weighted by atomic mass is 32.2. The molecule has 19 heavy (non-hydrogen) atoms. The smallest absolute Gasteiger partial charge is 0.168 e. The Labute approximate surface area is 118 Å². The maximum atomic E-state index is 13.8. The van der Waals surface area contributed by atoms with Crippen molar-refractivity contribution in [1.29, 1.82) is 0 Å². The number of rotatable bonds is 2. The van der Waals surface area contributed by atoms with E-state index in [1.54, 1.807) is 12.1 Å². The first-order valence-corrected chi connectivity index (χ1v) is 8.03. The lowest BCUT2D eigenvalue weighted by atomic mass is 9.84. The van der Waals surface area contributed by atoms with Gasteiger partial charge in [-0.25, -0.2) is 4.39 Å². The summed E-state index contributed by atoms with van der Waals surface area (Å²) in [5.41, 5.74) is 1.25. The first-order chi connectivity index (χ1) is 9.13. The van der Waals surface area contributed by atoms with Gasteiger partial charge in [0.15, 0.2) is 5.78 Å². The molecule has 2 aliphatic heterocycles. The molecule has 1 nitrogen and oxygen atoms in total. The number of ketones is 1. The monoisotopic (exact) mass is 278 g/mol. The lowest BCUT2D eigenvalue weighted by Gasteiger charge is -2.38. The number of aryl methyl sites for hydroxylation is 1. The van der Waals surface area contributed by atoms with Crippen LogP contribution in [0.2, 0.25) is 0 Å². The molecule has 2 unspecified atom stereocenters. The lowest BCUT2D eigenvalue weighted by molar-refractivity contribution is 0.0892. The van der Waals surface area contributed by atoms with Crippen LogP contribution in [0, 0.1) is 18.7 Å². The number of benzene rings is 1. The molecule has 0 aliphatic carbocycles. The Balaban J connectivity index is 1.82. The van der Waals surface area contributed by atoms with Crippen molar-refractivity contribution in [3.63, 3.8) is 0 Å². The highest BCUT2D eigenvalue weighted by molar-refractivity contribution is 8.00. The Bertz CT molecular complexity index is 488. The van der Waals surface area contributed by atoms with Crippen LogP contribution in [0.15, 0.2) is 18.2 Å². The van der Waals surface area contributed by atoms with Gasteiger partial charge < -0.3 is 0 Å². The molecule has 3 rings (SSSR count). The summed E-state index contributed by atoms with van der Waals surface area (Å²) in [7, 11) is 0. The average Bonchev–Trinajstić information content (AvgIpc) is 2.40. The summed E-state index contributed by atoms with van der Waals surface area (Å²) < 4.78 is 13.8. The Morgan fingerprint density at radius 2 is 1.95 bits per heavy atom. The minimum absolute atomic E-state index is 0.0263. The molecule has 0 radical (unpaired) electrons. The van der Waals surface area contributed by atoms with Gasteiger partial charge in [0.2, 0.25) is 0 Å². The molecular weight excluding hydrogens is 259 g/mol. The molecule has 1 aromatic rings. The summed E-state index contributed by atoms with van der Waals surface area (Å²) in [6, 6.07) is 4.84. The fraction of sp³-hybridized carbons (Fsp3) is 0.562. The largest absolute Gasteiger partial charge is 0.294 e. The molecule has 102 valence electrons. The summed E-state index contributed by atoms with van der Waals surface area (Å²) >= 11 is 2.05. The topological polar surface area (TPSA) is 17.1 Å². The molecule has 0 saturated carbocycles. The molecule has 2 atom stereocenters. The second-order valence-corrected chi connectivity index (χ2v) is 7.43. The predicted octanol–water partition coefficient (Wildman–Crippen LogP) is 4.38. The summed E-state index contributed by atoms with van der Waals surface area (Å²) in [6.07, 6.45) is 5.62. The molecule has 0 spiro atoms. The molecule has 3 heteroatoms. The van der Waals surface area contributed by atoms with E-state index in [2.05, 4.69) is 11.8 Å². The van der Waals surface area contributed by atoms with Crippen molar-refractivity contribution in [3.8, 4) is 0 Å². The van der Waals surface area contributed by atoms with E-state index in [-0.39, 0.29) is 17.5 Å². The van der Waals surface area contributed by atoms with Crippen LogP contribution < -0.4 is 0 Å². The Kier molecular flexibility index (Phi) is 3.66. The SMILES string of the molecule is Cc1ccc(F)c(C(=O)C2CC3CCCC(C2)S3)c1. The Hall–Kier alpha value is -0.830. The molecule has 0 N–H and O–H groups in total. The van der Waals surface area contributed by atoms with Crippen molar-refractivity contribution in [2.75, 3.05) is 0 Å². The van der Waals surface area contributed by atoms with Crippen molar-refractivity contribution < 1.29 is 9.18 Å². The van der Waals surface area contributed by atoms with Crippen LogP contribution in [0.1, 0.15) is 48.0 Å². The van der Waals surface area contributed by atoms with E-state index in [0.717, 1.165) is 18.4 Å². The molecule has 2 saturated heterocycles. The zero-order valence-electron chi connectivity index (χ0n) is 11.2. The normalized spacial score (nSPS) is 30.1. The third-order valence-corrected chi connectivity index (χ3v) is 5.92. The first kappa shape index (κ1) is 13.2. The van der Waals surface area contributed by atoms with Gasteiger partial charge >= 0.3 is 0 Å². The van der Waals surface area contributed by atoms with Crippen molar-refractivity contribution in [1.82, 2.24) is 0 Å². The minimum atomic E-state index is -0.362. The van der Waals surface area contributed by atoms with E-state index in [4.69, 9.17) is 0 Å². The van der Waals surface area contributed by atoms with Crippen LogP contribution in [-0.4, -0.2) is 16.3 Å². The van der Waals surface area contributed by atoms with E-state index < -0.39 is 0 Å². The third-order valence-electron chi connectivity index (χ3n) is 4.29. The highest BCUT2D eigenvalue weighted by Crippen LogP contribution is 2.44. The quantitative estimate of drug-likeness (QED) is 0.747. The van der Waals surface area contributed by atoms with Crippen LogP contribution in [0.5, 0.6) is 0 Å². The summed E-state index contributed by atoms with van der Waals surface area (Å²) in [5, 5.41) is 1.24. The van der Waals surface area contributed by atoms with Gasteiger partial charge in [0, 0.05) is 16.4 Å². The van der Waals surface area contributed by atoms with Gasteiger partial charge in [-0.2, -0.15) is 11.8 Å². The molecular formula is C16H19FOS. The summed E-state index contributed by atoms with van der Waals surface area (Å²) in [6.45, 7) is 1.90. The van der Waals surface area contributed by atoms with Crippen molar-refractivity contribution in [2.45, 2.75) is 49.5 Å². The van der Waals surface area contributed by atoms with E-state index >= 15 is 0 Å². The zero-order valence-corrected chi connectivity index (χ0v) is 12.0. The number of hydrogen-bond donors (Lipinski definition) is 0. The maximum absolute atomic E-state index is 13.8. The van der Waals surface area contributed by atoms with Gasteiger partial charge in [0.05, 0.1) is 5.56 Å². The van der Waals surface area contributed by atoms with E-state index in [0.29, 0.717) is 16.1 Å². The van der Waals surface area contributed by atoms with Crippen LogP contribution in [0.3, 0.4) is 0 Å². The standard InChI is InChI=1S/C16H19FOS/c1-10-5-6-15(17)14(7-10)16(18)11-8-12-3-2-4-13(9-11)19-12/h5-7,11-13H,2-4,8-9H2,1H3. The molecule has 2 aliphatic rings. The molecule has 2 heterocycles. The number of halogens is 1. The van der Waals surface area contributed by atoms with Crippen LogP contribution >= 0.6 is 11.8 Å². The van der Waals surface area contributed by atoms with E-state index in [1.807, 2.05) is 6.92 Å². The number of fused-ring (bicyclic) bond motifs is 2. The molecule has 1 aromatic carbocycles. The zero-order chi connectivity index (χ0) is 13.4. The minimum Gasteiger partial charge on any atom is -0.294 e. The van der Waals surface area contributed by atoms with Crippen molar-refractivity contribution >= 4 is 17.5 Å². The van der Waals surface area contributed by atoms with Crippen molar-refractivity contribution in [3.05, 3.63) is 35.1 Å². The summed E-state index contributed by atoms with van der Waals surface area (Å²) in [5.74, 6) is -0.301. The Morgan fingerprint density at radius 1 is 1.26 bits per heavy atom. The first-order valence-electron chi connectivity index (χ1n) is 7.09. The molecule has 0 amide bonds. The van der Waals surface area contributed by atoms with E-state index in [1.165, 1.54) is 25.3 Å². The van der Waals surface area contributed by atoms with Gasteiger partial charge in [0.25, 0.3) is 0 Å². The van der Waals surface area contributed by atoms with Crippen LogP contribution in [0.4, 0.5) is 4.39 Å². The maximum Gasteiger partial charge on any atom is 0.168 e. The fourth-order valence-corrected chi connectivity index (χ4v) is 5.16. The van der Waals surface area contributed by atoms with Crippen LogP contribution in [-0.2, 0) is 0 Å². The second kappa shape index (κ2) is 5.28. The molecule has 0 aromatic heterocycles. The van der Waals surface area contributed by atoms with Crippen molar-refractivity contribution in [2.24, 2.45) is 5.92 Å². The van der Waals surface area contributed by atoms with Gasteiger partial charge in [-0.15, -0.1) is 0 Å². The average molecular weight is 278 g/mol. The van der Waals surface area contributed by atoms with Gasteiger partial charge in [-0.3, -0.25) is 4.79 Å². The second-order valence-electron chi connectivity index (χ2n) is 5.83. The van der Waals surface area contributed by atoms with E-state index in [9.17, 15) is 9.18 Å².